The molecule has 0 unspecified atom stereocenters. The number of rotatable bonds is 4. The first-order valence-corrected chi connectivity index (χ1v) is 8.47. The summed E-state index contributed by atoms with van der Waals surface area (Å²) in [5.41, 5.74) is -0.312. The highest BCUT2D eigenvalue weighted by Gasteiger charge is 2.14. The molecule has 27 heavy (non-hydrogen) atoms. The van der Waals surface area contributed by atoms with Crippen LogP contribution >= 0.6 is 34.8 Å². The Labute approximate surface area is 166 Å². The highest BCUT2D eigenvalue weighted by atomic mass is 35.5. The minimum atomic E-state index is -0.616. The molecule has 138 valence electrons. The summed E-state index contributed by atoms with van der Waals surface area (Å²) in [6.07, 6.45) is 1.19. The second-order valence-electron chi connectivity index (χ2n) is 5.43. The summed E-state index contributed by atoms with van der Waals surface area (Å²) >= 11 is 17.7. The van der Waals surface area contributed by atoms with Crippen molar-refractivity contribution >= 4 is 63.0 Å². The van der Waals surface area contributed by atoms with Gasteiger partial charge in [0, 0.05) is 12.1 Å². The van der Waals surface area contributed by atoms with E-state index in [2.05, 4.69) is 10.3 Å². The van der Waals surface area contributed by atoms with Crippen LogP contribution in [0.3, 0.4) is 0 Å². The normalized spacial score (nSPS) is 10.8. The van der Waals surface area contributed by atoms with Gasteiger partial charge in [-0.3, -0.25) is 24.3 Å². The van der Waals surface area contributed by atoms with Crippen molar-refractivity contribution in [2.45, 2.75) is 6.54 Å². The lowest BCUT2D eigenvalue weighted by molar-refractivity contribution is -0.384. The van der Waals surface area contributed by atoms with E-state index in [4.69, 9.17) is 34.8 Å². The van der Waals surface area contributed by atoms with E-state index in [1.807, 2.05) is 0 Å². The van der Waals surface area contributed by atoms with Gasteiger partial charge < -0.3 is 5.32 Å². The Morgan fingerprint density at radius 3 is 2.56 bits per heavy atom. The van der Waals surface area contributed by atoms with Crippen LogP contribution in [-0.4, -0.2) is 20.4 Å². The Kier molecular flexibility index (Phi) is 5.31. The van der Waals surface area contributed by atoms with Crippen molar-refractivity contribution < 1.29 is 9.72 Å². The number of carbonyl (C=O) groups excluding carboxylic acids is 1. The number of halogens is 3. The zero-order valence-corrected chi connectivity index (χ0v) is 15.5. The lowest BCUT2D eigenvalue weighted by atomic mass is 10.2. The first-order chi connectivity index (χ1) is 12.8. The molecule has 0 aliphatic heterocycles. The van der Waals surface area contributed by atoms with Crippen molar-refractivity contribution in [3.05, 3.63) is 72.2 Å². The van der Waals surface area contributed by atoms with Gasteiger partial charge in [0.15, 0.2) is 0 Å². The molecule has 3 rings (SSSR count). The third kappa shape index (κ3) is 4.02. The molecule has 0 fully saturated rings. The van der Waals surface area contributed by atoms with Gasteiger partial charge in [0.2, 0.25) is 5.91 Å². The second kappa shape index (κ2) is 7.51. The maximum Gasteiger partial charge on any atom is 0.270 e. The molecule has 0 saturated carbocycles. The number of benzene rings is 2. The third-order valence-electron chi connectivity index (χ3n) is 3.62. The standard InChI is InChI=1S/C16H9Cl3N4O4/c17-10-4-12(19)14(5-11(10)18)21-15(24)6-22-7-20-13-2-1-8(23(26)27)3-9(13)16(22)25/h1-5,7H,6H2,(H,21,24). The zero-order chi connectivity index (χ0) is 19.7. The van der Waals surface area contributed by atoms with Gasteiger partial charge in [-0.2, -0.15) is 0 Å². The summed E-state index contributed by atoms with van der Waals surface area (Å²) in [6, 6.07) is 6.50. The Balaban J connectivity index is 1.89. The van der Waals surface area contributed by atoms with Gasteiger partial charge in [-0.15, -0.1) is 0 Å². The topological polar surface area (TPSA) is 107 Å². The van der Waals surface area contributed by atoms with Gasteiger partial charge in [0.25, 0.3) is 11.2 Å². The largest absolute Gasteiger partial charge is 0.323 e. The fraction of sp³-hybridized carbons (Fsp3) is 0.0625. The van der Waals surface area contributed by atoms with Crippen molar-refractivity contribution in [1.29, 1.82) is 0 Å². The van der Waals surface area contributed by atoms with E-state index in [9.17, 15) is 19.7 Å². The van der Waals surface area contributed by atoms with Crippen LogP contribution in [0.1, 0.15) is 0 Å². The number of nitro groups is 1. The predicted molar refractivity (Wildman–Crippen MR) is 103 cm³/mol. The molecule has 0 atom stereocenters. The van der Waals surface area contributed by atoms with Gasteiger partial charge >= 0.3 is 0 Å². The summed E-state index contributed by atoms with van der Waals surface area (Å²) in [5.74, 6) is -0.566. The lowest BCUT2D eigenvalue weighted by Crippen LogP contribution is -2.28. The molecular weight excluding hydrogens is 419 g/mol. The van der Waals surface area contributed by atoms with Crippen LogP contribution in [0.5, 0.6) is 0 Å². The molecule has 0 aliphatic rings. The lowest BCUT2D eigenvalue weighted by Gasteiger charge is -2.10. The molecule has 0 aliphatic carbocycles. The van der Waals surface area contributed by atoms with Crippen LogP contribution in [0.15, 0.2) is 41.5 Å². The Morgan fingerprint density at radius 2 is 1.85 bits per heavy atom. The van der Waals surface area contributed by atoms with Gasteiger partial charge in [-0.1, -0.05) is 34.8 Å². The van der Waals surface area contributed by atoms with Crippen LogP contribution in [-0.2, 0) is 11.3 Å². The molecule has 0 saturated heterocycles. The molecule has 0 spiro atoms. The van der Waals surface area contributed by atoms with E-state index in [0.29, 0.717) is 0 Å². The number of hydrogen-bond acceptors (Lipinski definition) is 5. The molecule has 0 radical (unpaired) electrons. The molecule has 2 aromatic carbocycles. The summed E-state index contributed by atoms with van der Waals surface area (Å²) in [6.45, 7) is -0.374. The molecule has 1 aromatic heterocycles. The smallest absolute Gasteiger partial charge is 0.270 e. The number of fused-ring (bicyclic) bond motifs is 1. The van der Waals surface area contributed by atoms with Crippen LogP contribution in [0.2, 0.25) is 15.1 Å². The quantitative estimate of drug-likeness (QED) is 0.386. The summed E-state index contributed by atoms with van der Waals surface area (Å²) in [7, 11) is 0. The van der Waals surface area contributed by atoms with Crippen LogP contribution < -0.4 is 10.9 Å². The predicted octanol–water partition coefficient (Wildman–Crippen LogP) is 3.90. The first kappa shape index (κ1) is 19.1. The van der Waals surface area contributed by atoms with Crippen LogP contribution in [0.25, 0.3) is 10.9 Å². The van der Waals surface area contributed by atoms with Crippen LogP contribution in [0.4, 0.5) is 11.4 Å². The van der Waals surface area contributed by atoms with Crippen molar-refractivity contribution in [3.8, 4) is 0 Å². The fourth-order valence-electron chi connectivity index (χ4n) is 2.34. The Morgan fingerprint density at radius 1 is 1.15 bits per heavy atom. The van der Waals surface area contributed by atoms with Crippen molar-refractivity contribution in [1.82, 2.24) is 9.55 Å². The summed E-state index contributed by atoms with van der Waals surface area (Å²) < 4.78 is 1.03. The zero-order valence-electron chi connectivity index (χ0n) is 13.3. The molecule has 0 bridgehead atoms. The van der Waals surface area contributed by atoms with E-state index in [1.54, 1.807) is 0 Å². The summed E-state index contributed by atoms with van der Waals surface area (Å²) in [4.78, 5) is 39.1. The number of aromatic nitrogens is 2. The van der Waals surface area contributed by atoms with Gasteiger partial charge in [-0.05, 0) is 18.2 Å². The minimum Gasteiger partial charge on any atom is -0.323 e. The highest BCUT2D eigenvalue weighted by Crippen LogP contribution is 2.32. The molecule has 1 amide bonds. The third-order valence-corrected chi connectivity index (χ3v) is 4.65. The average Bonchev–Trinajstić information content (AvgIpc) is 2.61. The second-order valence-corrected chi connectivity index (χ2v) is 6.65. The minimum absolute atomic E-state index is 0.0343. The number of nitrogens with zero attached hydrogens (tertiary/aromatic N) is 3. The maximum atomic E-state index is 12.5. The van der Waals surface area contributed by atoms with Gasteiger partial charge in [-0.25, -0.2) is 4.98 Å². The number of amides is 1. The van der Waals surface area contributed by atoms with E-state index in [0.717, 1.165) is 10.6 Å². The van der Waals surface area contributed by atoms with Gasteiger partial charge in [0.1, 0.15) is 6.54 Å². The number of nitro benzene ring substituents is 1. The monoisotopic (exact) mass is 426 g/mol. The number of anilines is 1. The number of nitrogens with one attached hydrogen (secondary N) is 1. The maximum absolute atomic E-state index is 12.5. The molecule has 1 N–H and O–H groups in total. The van der Waals surface area contributed by atoms with Crippen molar-refractivity contribution in [3.63, 3.8) is 0 Å². The van der Waals surface area contributed by atoms with Crippen molar-refractivity contribution in [2.24, 2.45) is 0 Å². The SMILES string of the molecule is O=C(Cn1cnc2ccc([N+](=O)[O-])cc2c1=O)Nc1cc(Cl)c(Cl)cc1Cl. The molecular formula is C16H9Cl3N4O4. The molecule has 3 aromatic rings. The van der Waals surface area contributed by atoms with E-state index < -0.39 is 16.4 Å². The molecule has 8 nitrogen and oxygen atoms in total. The Bertz CT molecular complexity index is 1150. The highest BCUT2D eigenvalue weighted by molar-refractivity contribution is 6.44. The van der Waals surface area contributed by atoms with Crippen LogP contribution in [0, 0.1) is 10.1 Å². The average molecular weight is 428 g/mol. The number of carbonyl (C=O) groups is 1. The number of hydrogen-bond donors (Lipinski definition) is 1. The fourth-order valence-corrected chi connectivity index (χ4v) is 2.93. The molecule has 11 heteroatoms. The summed E-state index contributed by atoms with van der Waals surface area (Å²) in [5, 5.41) is 14.1. The van der Waals surface area contributed by atoms with E-state index in [1.165, 1.54) is 30.6 Å². The number of non-ortho nitro benzene ring substituents is 1. The first-order valence-electron chi connectivity index (χ1n) is 7.34. The van der Waals surface area contributed by atoms with Crippen molar-refractivity contribution in [2.75, 3.05) is 5.32 Å². The molecule has 1 heterocycles. The Hall–Kier alpha value is -2.68. The van der Waals surface area contributed by atoms with Gasteiger partial charge in [0.05, 0.1) is 42.9 Å². The van der Waals surface area contributed by atoms with E-state index >= 15 is 0 Å². The van der Waals surface area contributed by atoms with E-state index in [-0.39, 0.29) is 43.9 Å².